The summed E-state index contributed by atoms with van der Waals surface area (Å²) in [5.74, 6) is 0. The molecule has 0 fully saturated rings. The van der Waals surface area contributed by atoms with Gasteiger partial charge in [0, 0.05) is 17.1 Å². The van der Waals surface area contributed by atoms with Crippen LogP contribution in [0, 0.1) is 0 Å². The Balaban J connectivity index is 0.885. The predicted octanol–water partition coefficient (Wildman–Crippen LogP) is 19.6. The van der Waals surface area contributed by atoms with Gasteiger partial charge in [0.2, 0.25) is 0 Å². The normalized spacial score (nSPS) is 12.4. The van der Waals surface area contributed by atoms with Crippen LogP contribution < -0.4 is 4.90 Å². The lowest BCUT2D eigenvalue weighted by atomic mass is 9.67. The molecule has 14 rings (SSSR count). The second-order valence-electron chi connectivity index (χ2n) is 19.6. The Morgan fingerprint density at radius 3 is 1.46 bits per heavy atom. The van der Waals surface area contributed by atoms with E-state index < -0.39 is 5.41 Å². The van der Waals surface area contributed by atoms with Crippen molar-refractivity contribution in [1.82, 2.24) is 0 Å². The van der Waals surface area contributed by atoms with Crippen LogP contribution >= 0.6 is 0 Å². The predicted molar refractivity (Wildman–Crippen MR) is 313 cm³/mol. The fourth-order valence-corrected chi connectivity index (χ4v) is 12.1. The van der Waals surface area contributed by atoms with Gasteiger partial charge >= 0.3 is 0 Å². The van der Waals surface area contributed by atoms with Gasteiger partial charge in [-0.2, -0.15) is 0 Å². The highest BCUT2D eigenvalue weighted by molar-refractivity contribution is 6.14. The van der Waals surface area contributed by atoms with E-state index in [9.17, 15) is 0 Å². The average molecular weight is 940 g/mol. The van der Waals surface area contributed by atoms with Gasteiger partial charge in [-0.1, -0.05) is 243 Å². The molecule has 0 saturated heterocycles. The van der Waals surface area contributed by atoms with Crippen molar-refractivity contribution in [2.24, 2.45) is 0 Å². The first-order chi connectivity index (χ1) is 36.7. The van der Waals surface area contributed by atoms with E-state index in [-0.39, 0.29) is 0 Å². The Bertz CT molecular complexity index is 4180. The molecule has 1 aliphatic carbocycles. The minimum Gasteiger partial charge on any atom is -0.310 e. The SMILES string of the molecule is c1ccc(C2(c3ccccc3)c3ccccc3-c3ccc(-c4ccc(N(c5ccc(-c6cc7ccccc7c7ccccc67)cc5)c5cccc(-c6cccc(-c7cccc8ccccc78)c6)c5)cc4)cc32)cc1. The van der Waals surface area contributed by atoms with Crippen molar-refractivity contribution in [1.29, 1.82) is 0 Å². The zero-order chi connectivity index (χ0) is 49.0. The third-order valence-electron chi connectivity index (χ3n) is 15.5. The molecule has 0 unspecified atom stereocenters. The standard InChI is InChI=1S/C73H49N/c1-3-24-58(25-4-1)73(59-26-5-2-6-27-59)71-35-14-13-33-68(71)69-45-40-55(49-72(69)73)50-36-41-60(42-37-50)74(61-43-38-52(39-44-61)70-48-57-19-8-10-30-65(57)66-31-11-12-32-67(66)70)62-28-16-22-54(47-62)53-21-15-23-56(46-53)64-34-17-20-51-18-7-9-29-63(51)64/h1-49H. The van der Waals surface area contributed by atoms with Gasteiger partial charge in [-0.3, -0.25) is 0 Å². The third kappa shape index (κ3) is 7.16. The van der Waals surface area contributed by atoms with Crippen molar-refractivity contribution < 1.29 is 0 Å². The molecule has 74 heavy (non-hydrogen) atoms. The van der Waals surface area contributed by atoms with E-state index in [1.54, 1.807) is 0 Å². The van der Waals surface area contributed by atoms with Crippen LogP contribution in [0.25, 0.3) is 88.0 Å². The van der Waals surface area contributed by atoms with E-state index in [1.807, 2.05) is 0 Å². The smallest absolute Gasteiger partial charge is 0.0713 e. The number of hydrogen-bond acceptors (Lipinski definition) is 1. The molecule has 0 bridgehead atoms. The molecule has 346 valence electrons. The molecule has 0 spiro atoms. The summed E-state index contributed by atoms with van der Waals surface area (Å²) in [4.78, 5) is 2.40. The average Bonchev–Trinajstić information content (AvgIpc) is 3.78. The Morgan fingerprint density at radius 2 is 0.716 bits per heavy atom. The Kier molecular flexibility index (Phi) is 10.5. The van der Waals surface area contributed by atoms with E-state index in [2.05, 4.69) is 302 Å². The van der Waals surface area contributed by atoms with Crippen LogP contribution in [0.15, 0.2) is 297 Å². The first-order valence-electron chi connectivity index (χ1n) is 25.6. The summed E-state index contributed by atoms with van der Waals surface area (Å²) < 4.78 is 0. The lowest BCUT2D eigenvalue weighted by Crippen LogP contribution is -2.28. The second-order valence-corrected chi connectivity index (χ2v) is 19.6. The van der Waals surface area contributed by atoms with Crippen molar-refractivity contribution in [3.05, 3.63) is 320 Å². The maximum Gasteiger partial charge on any atom is 0.0713 e. The number of hydrogen-bond donors (Lipinski definition) is 0. The summed E-state index contributed by atoms with van der Waals surface area (Å²) in [6.45, 7) is 0. The maximum atomic E-state index is 2.45. The van der Waals surface area contributed by atoms with Crippen molar-refractivity contribution >= 4 is 49.4 Å². The Labute approximate surface area is 432 Å². The molecule has 0 saturated carbocycles. The summed E-state index contributed by atoms with van der Waals surface area (Å²) in [6, 6.07) is 110. The van der Waals surface area contributed by atoms with Crippen LogP contribution in [0.5, 0.6) is 0 Å². The second kappa shape index (κ2) is 17.9. The lowest BCUT2D eigenvalue weighted by molar-refractivity contribution is 0.769. The fraction of sp³-hybridized carbons (Fsp3) is 0.0137. The van der Waals surface area contributed by atoms with Crippen molar-refractivity contribution in [2.75, 3.05) is 4.90 Å². The lowest BCUT2D eigenvalue weighted by Gasteiger charge is -2.34. The number of anilines is 3. The molecule has 1 aliphatic rings. The van der Waals surface area contributed by atoms with E-state index >= 15 is 0 Å². The molecule has 0 heterocycles. The minimum atomic E-state index is -0.466. The highest BCUT2D eigenvalue weighted by Gasteiger charge is 2.46. The van der Waals surface area contributed by atoms with Crippen LogP contribution in [0.1, 0.15) is 22.3 Å². The monoisotopic (exact) mass is 939 g/mol. The van der Waals surface area contributed by atoms with Gasteiger partial charge in [-0.05, 0) is 165 Å². The fourth-order valence-electron chi connectivity index (χ4n) is 12.1. The van der Waals surface area contributed by atoms with Gasteiger partial charge in [-0.25, -0.2) is 0 Å². The first-order valence-corrected chi connectivity index (χ1v) is 25.6. The van der Waals surface area contributed by atoms with Crippen LogP contribution in [0.4, 0.5) is 17.1 Å². The Hall–Kier alpha value is -9.56. The minimum absolute atomic E-state index is 0.466. The maximum absolute atomic E-state index is 2.45. The van der Waals surface area contributed by atoms with Gasteiger partial charge in [-0.15, -0.1) is 0 Å². The van der Waals surface area contributed by atoms with E-state index in [0.29, 0.717) is 0 Å². The molecule has 0 amide bonds. The van der Waals surface area contributed by atoms with E-state index in [1.165, 1.54) is 105 Å². The van der Waals surface area contributed by atoms with Gasteiger partial charge < -0.3 is 4.90 Å². The summed E-state index contributed by atoms with van der Waals surface area (Å²) in [5.41, 5.74) is 20.0. The summed E-state index contributed by atoms with van der Waals surface area (Å²) in [5, 5.41) is 7.54. The molecule has 13 aromatic carbocycles. The summed E-state index contributed by atoms with van der Waals surface area (Å²) >= 11 is 0. The molecule has 0 N–H and O–H groups in total. The molecule has 0 aromatic heterocycles. The van der Waals surface area contributed by atoms with Crippen LogP contribution in [0.2, 0.25) is 0 Å². The number of rotatable bonds is 9. The van der Waals surface area contributed by atoms with Crippen molar-refractivity contribution in [3.8, 4) is 55.6 Å². The third-order valence-corrected chi connectivity index (χ3v) is 15.5. The number of benzene rings is 13. The van der Waals surface area contributed by atoms with Gasteiger partial charge in [0.25, 0.3) is 0 Å². The molecule has 13 aromatic rings. The largest absolute Gasteiger partial charge is 0.310 e. The molecule has 0 radical (unpaired) electrons. The van der Waals surface area contributed by atoms with E-state index in [4.69, 9.17) is 0 Å². The zero-order valence-corrected chi connectivity index (χ0v) is 40.7. The van der Waals surface area contributed by atoms with Crippen LogP contribution in [-0.4, -0.2) is 0 Å². The number of nitrogens with zero attached hydrogens (tertiary/aromatic N) is 1. The Morgan fingerprint density at radius 1 is 0.216 bits per heavy atom. The van der Waals surface area contributed by atoms with Crippen LogP contribution in [0.3, 0.4) is 0 Å². The molecule has 1 nitrogen and oxygen atoms in total. The summed E-state index contributed by atoms with van der Waals surface area (Å²) in [6.07, 6.45) is 0. The molecule has 0 aliphatic heterocycles. The molecule has 0 atom stereocenters. The van der Waals surface area contributed by atoms with Crippen molar-refractivity contribution in [2.45, 2.75) is 5.41 Å². The quantitative estimate of drug-likeness (QED) is 0.130. The zero-order valence-electron chi connectivity index (χ0n) is 40.7. The van der Waals surface area contributed by atoms with Gasteiger partial charge in [0.1, 0.15) is 0 Å². The first kappa shape index (κ1) is 43.2. The molecule has 1 heteroatoms. The van der Waals surface area contributed by atoms with Crippen LogP contribution in [-0.2, 0) is 5.41 Å². The van der Waals surface area contributed by atoms with E-state index in [0.717, 1.165) is 22.6 Å². The molecular weight excluding hydrogens is 891 g/mol. The molecular formula is C73H49N. The van der Waals surface area contributed by atoms with Gasteiger partial charge in [0.15, 0.2) is 0 Å². The highest BCUT2D eigenvalue weighted by Crippen LogP contribution is 2.57. The van der Waals surface area contributed by atoms with Gasteiger partial charge in [0.05, 0.1) is 5.41 Å². The summed E-state index contributed by atoms with van der Waals surface area (Å²) in [7, 11) is 0. The number of fused-ring (bicyclic) bond motifs is 7. The highest BCUT2D eigenvalue weighted by atomic mass is 15.1. The van der Waals surface area contributed by atoms with Crippen molar-refractivity contribution in [3.63, 3.8) is 0 Å². The topological polar surface area (TPSA) is 3.24 Å².